The molecule has 0 bridgehead atoms. The van der Waals surface area contributed by atoms with Crippen LogP contribution in [0.1, 0.15) is 21.5 Å². The van der Waals surface area contributed by atoms with Gasteiger partial charge in [0.25, 0.3) is 23.2 Å². The van der Waals surface area contributed by atoms with Gasteiger partial charge in [-0.25, -0.2) is 10.9 Å². The van der Waals surface area contributed by atoms with Gasteiger partial charge < -0.3 is 4.74 Å². The second kappa shape index (κ2) is 12.1. The Balaban J connectivity index is 1.48. The van der Waals surface area contributed by atoms with E-state index in [1.165, 1.54) is 66.9 Å². The van der Waals surface area contributed by atoms with Gasteiger partial charge >= 0.3 is 0 Å². The number of nitro groups is 2. The summed E-state index contributed by atoms with van der Waals surface area (Å²) in [7, 11) is 0. The normalized spacial score (nSPS) is 10.8. The minimum Gasteiger partial charge on any atom is -0.484 e. The van der Waals surface area contributed by atoms with Crippen LogP contribution in [0.2, 0.25) is 0 Å². The number of benzene rings is 3. The lowest BCUT2D eigenvalue weighted by Crippen LogP contribution is -2.24. The van der Waals surface area contributed by atoms with Crippen LogP contribution in [0, 0.1) is 20.2 Å². The molecular formula is C23H18N6O7. The quantitative estimate of drug-likeness (QED) is 0.249. The molecule has 0 spiro atoms. The van der Waals surface area contributed by atoms with Crippen molar-refractivity contribution in [2.45, 2.75) is 0 Å². The number of hydrogen-bond acceptors (Lipinski definition) is 9. The molecule has 0 heterocycles. The minimum atomic E-state index is -0.601. The number of carbonyl (C=O) groups is 2. The van der Waals surface area contributed by atoms with Crippen LogP contribution < -0.4 is 15.6 Å². The molecule has 0 aliphatic rings. The maximum atomic E-state index is 12.2. The molecule has 36 heavy (non-hydrogen) atoms. The Kier molecular flexibility index (Phi) is 8.48. The van der Waals surface area contributed by atoms with Gasteiger partial charge in [0.2, 0.25) is 0 Å². The van der Waals surface area contributed by atoms with Gasteiger partial charge in [-0.15, -0.1) is 0 Å². The molecule has 0 aliphatic heterocycles. The van der Waals surface area contributed by atoms with E-state index in [9.17, 15) is 29.8 Å². The van der Waals surface area contributed by atoms with Gasteiger partial charge in [-0.1, -0.05) is 24.3 Å². The SMILES string of the molecule is O=C(COc1ccc(C(=O)N/N=C\c2ccccc2[N+](=O)[O-])cc1)N/N=C\c1ccccc1[N+](=O)[O-]. The monoisotopic (exact) mass is 490 g/mol. The van der Waals surface area contributed by atoms with E-state index in [2.05, 4.69) is 21.1 Å². The van der Waals surface area contributed by atoms with E-state index in [4.69, 9.17) is 4.74 Å². The summed E-state index contributed by atoms with van der Waals surface area (Å²) in [5, 5.41) is 29.4. The van der Waals surface area contributed by atoms with Crippen molar-refractivity contribution in [3.05, 3.63) is 110 Å². The van der Waals surface area contributed by atoms with E-state index in [0.29, 0.717) is 5.75 Å². The predicted molar refractivity (Wildman–Crippen MR) is 129 cm³/mol. The zero-order chi connectivity index (χ0) is 25.9. The fourth-order valence-corrected chi connectivity index (χ4v) is 2.81. The highest BCUT2D eigenvalue weighted by atomic mass is 16.6. The summed E-state index contributed by atoms with van der Waals surface area (Å²) in [6.07, 6.45) is 2.33. The zero-order valence-corrected chi connectivity index (χ0v) is 18.4. The van der Waals surface area contributed by atoms with E-state index in [1.54, 1.807) is 12.1 Å². The molecule has 2 N–H and O–H groups in total. The van der Waals surface area contributed by atoms with Crippen molar-refractivity contribution in [2.24, 2.45) is 10.2 Å². The lowest BCUT2D eigenvalue weighted by atomic mass is 10.2. The first-order valence-electron chi connectivity index (χ1n) is 10.2. The fraction of sp³-hybridized carbons (Fsp3) is 0.0435. The van der Waals surface area contributed by atoms with E-state index < -0.39 is 21.7 Å². The number of nitrogens with zero attached hydrogens (tertiary/aromatic N) is 4. The van der Waals surface area contributed by atoms with E-state index in [0.717, 1.165) is 6.21 Å². The van der Waals surface area contributed by atoms with Gasteiger partial charge in [0.1, 0.15) is 5.75 Å². The number of carbonyl (C=O) groups excluding carboxylic acids is 2. The van der Waals surface area contributed by atoms with Gasteiger partial charge in [-0.2, -0.15) is 10.2 Å². The zero-order valence-electron chi connectivity index (χ0n) is 18.4. The van der Waals surface area contributed by atoms with Crippen LogP contribution in [-0.4, -0.2) is 40.7 Å². The highest BCUT2D eigenvalue weighted by Crippen LogP contribution is 2.16. The summed E-state index contributed by atoms with van der Waals surface area (Å²) in [5.41, 5.74) is 4.88. The number of para-hydroxylation sites is 2. The van der Waals surface area contributed by atoms with Crippen LogP contribution in [0.25, 0.3) is 0 Å². The summed E-state index contributed by atoms with van der Waals surface area (Å²) in [6, 6.07) is 17.7. The third-order valence-electron chi connectivity index (χ3n) is 4.52. The first-order valence-corrected chi connectivity index (χ1v) is 10.2. The summed E-state index contributed by atoms with van der Waals surface area (Å²) >= 11 is 0. The fourth-order valence-electron chi connectivity index (χ4n) is 2.81. The van der Waals surface area contributed by atoms with Crippen molar-refractivity contribution in [3.63, 3.8) is 0 Å². The average Bonchev–Trinajstić information content (AvgIpc) is 2.88. The van der Waals surface area contributed by atoms with Crippen molar-refractivity contribution < 1.29 is 24.2 Å². The summed E-state index contributed by atoms with van der Waals surface area (Å²) in [6.45, 7) is -0.389. The molecule has 13 heteroatoms. The van der Waals surface area contributed by atoms with Crippen LogP contribution in [0.3, 0.4) is 0 Å². The predicted octanol–water partition coefficient (Wildman–Crippen LogP) is 2.80. The smallest absolute Gasteiger partial charge is 0.278 e. The molecule has 3 aromatic carbocycles. The van der Waals surface area contributed by atoms with Crippen LogP contribution in [0.4, 0.5) is 11.4 Å². The van der Waals surface area contributed by atoms with Crippen LogP contribution in [-0.2, 0) is 4.79 Å². The number of hydrogen-bond donors (Lipinski definition) is 2. The highest BCUT2D eigenvalue weighted by Gasteiger charge is 2.12. The molecule has 0 radical (unpaired) electrons. The summed E-state index contributed by atoms with van der Waals surface area (Å²) in [5.74, 6) is -0.859. The first kappa shape index (κ1) is 25.2. The van der Waals surface area contributed by atoms with E-state index >= 15 is 0 Å². The third kappa shape index (κ3) is 7.02. The number of ether oxygens (including phenoxy) is 1. The first-order chi connectivity index (χ1) is 17.3. The van der Waals surface area contributed by atoms with Crippen molar-refractivity contribution >= 4 is 35.6 Å². The Morgan fingerprint density at radius 1 is 0.778 bits per heavy atom. The Morgan fingerprint density at radius 3 is 1.81 bits per heavy atom. The molecule has 3 aromatic rings. The van der Waals surface area contributed by atoms with Crippen molar-refractivity contribution in [3.8, 4) is 5.75 Å². The highest BCUT2D eigenvalue weighted by molar-refractivity contribution is 5.95. The lowest BCUT2D eigenvalue weighted by Gasteiger charge is -2.06. The average molecular weight is 490 g/mol. The molecule has 0 saturated heterocycles. The maximum absolute atomic E-state index is 12.2. The molecule has 0 atom stereocenters. The molecule has 0 unspecified atom stereocenters. The van der Waals surface area contributed by atoms with Gasteiger partial charge in [-0.05, 0) is 36.4 Å². The topological polar surface area (TPSA) is 178 Å². The minimum absolute atomic E-state index is 0.145. The molecule has 0 saturated carbocycles. The molecular weight excluding hydrogens is 472 g/mol. The van der Waals surface area contributed by atoms with Crippen LogP contribution in [0.5, 0.6) is 5.75 Å². The Morgan fingerprint density at radius 2 is 1.28 bits per heavy atom. The maximum Gasteiger partial charge on any atom is 0.278 e. The van der Waals surface area contributed by atoms with Crippen LogP contribution >= 0.6 is 0 Å². The second-order valence-corrected chi connectivity index (χ2v) is 6.94. The van der Waals surface area contributed by atoms with E-state index in [1.807, 2.05) is 0 Å². The lowest BCUT2D eigenvalue weighted by molar-refractivity contribution is -0.385. The van der Waals surface area contributed by atoms with Crippen molar-refractivity contribution in [1.29, 1.82) is 0 Å². The largest absolute Gasteiger partial charge is 0.484 e. The Bertz CT molecular complexity index is 1340. The number of rotatable bonds is 10. The molecule has 0 fully saturated rings. The number of nitrogens with one attached hydrogen (secondary N) is 2. The molecule has 13 nitrogen and oxygen atoms in total. The van der Waals surface area contributed by atoms with Gasteiger partial charge in [0, 0.05) is 17.7 Å². The Hall–Kier alpha value is -5.46. The number of hydrazone groups is 2. The third-order valence-corrected chi connectivity index (χ3v) is 4.52. The molecule has 0 aromatic heterocycles. The molecule has 0 aliphatic carbocycles. The summed E-state index contributed by atoms with van der Waals surface area (Å²) < 4.78 is 5.32. The van der Waals surface area contributed by atoms with Crippen molar-refractivity contribution in [1.82, 2.24) is 10.9 Å². The van der Waals surface area contributed by atoms with Gasteiger partial charge in [0.15, 0.2) is 6.61 Å². The molecule has 182 valence electrons. The number of nitro benzene ring substituents is 2. The molecule has 3 rings (SSSR count). The van der Waals surface area contributed by atoms with Gasteiger partial charge in [-0.3, -0.25) is 29.8 Å². The van der Waals surface area contributed by atoms with Gasteiger partial charge in [0.05, 0.1) is 33.4 Å². The summed E-state index contributed by atoms with van der Waals surface area (Å²) in [4.78, 5) is 45.0. The number of amides is 2. The van der Waals surface area contributed by atoms with Crippen LogP contribution in [0.15, 0.2) is 83.0 Å². The standard InChI is InChI=1S/C23H18N6O7/c30-22(26-24-13-17-5-1-3-7-20(17)28(32)33)15-36-19-11-9-16(10-12-19)23(31)27-25-14-18-6-2-4-8-21(18)29(34)35/h1-14H,15H2,(H,26,30)(H,27,31)/b24-13-,25-14-. The second-order valence-electron chi connectivity index (χ2n) is 6.94. The van der Waals surface area contributed by atoms with Crippen molar-refractivity contribution in [2.75, 3.05) is 6.61 Å². The van der Waals surface area contributed by atoms with E-state index in [-0.39, 0.29) is 34.7 Å². The molecule has 2 amide bonds. The Labute approximate surface area is 203 Å².